The molecule has 0 bridgehead atoms. The molecule has 0 heterocycles. The minimum Gasteiger partial charge on any atom is -0.479 e. The molecule has 1 atom stereocenters. The minimum absolute atomic E-state index is 0.195. The first-order chi connectivity index (χ1) is 12.5. The molecule has 138 valence electrons. The van der Waals surface area contributed by atoms with Crippen LogP contribution in [-0.4, -0.2) is 25.1 Å². The summed E-state index contributed by atoms with van der Waals surface area (Å²) in [6, 6.07) is 14.5. The van der Waals surface area contributed by atoms with Gasteiger partial charge in [0.1, 0.15) is 5.75 Å². The Balaban J connectivity index is 1.94. The number of hydrogen-bond donors (Lipinski definition) is 1. The van der Waals surface area contributed by atoms with Crippen molar-refractivity contribution in [2.75, 3.05) is 12.4 Å². The number of anilines is 1. The van der Waals surface area contributed by atoms with Gasteiger partial charge in [0, 0.05) is 11.3 Å². The van der Waals surface area contributed by atoms with E-state index in [0.29, 0.717) is 11.3 Å². The first-order valence-electron chi connectivity index (χ1n) is 8.78. The fraction of sp³-hybridized carbons (Fsp3) is 0.333. The van der Waals surface area contributed by atoms with Crippen LogP contribution in [0.1, 0.15) is 42.6 Å². The van der Waals surface area contributed by atoms with Crippen molar-refractivity contribution in [3.05, 3.63) is 59.7 Å². The van der Waals surface area contributed by atoms with Gasteiger partial charge in [-0.1, -0.05) is 25.5 Å². The number of esters is 1. The van der Waals surface area contributed by atoms with E-state index < -0.39 is 12.1 Å². The zero-order valence-corrected chi connectivity index (χ0v) is 15.5. The molecule has 5 nitrogen and oxygen atoms in total. The molecule has 2 aromatic rings. The zero-order chi connectivity index (χ0) is 18.9. The van der Waals surface area contributed by atoms with Crippen LogP contribution >= 0.6 is 0 Å². The number of benzene rings is 2. The van der Waals surface area contributed by atoms with Gasteiger partial charge in [0.25, 0.3) is 5.91 Å². The Labute approximate surface area is 154 Å². The third kappa shape index (κ3) is 5.62. The van der Waals surface area contributed by atoms with Crippen molar-refractivity contribution in [3.63, 3.8) is 0 Å². The fourth-order valence-electron chi connectivity index (χ4n) is 2.44. The maximum atomic E-state index is 12.3. The summed E-state index contributed by atoms with van der Waals surface area (Å²) >= 11 is 0. The van der Waals surface area contributed by atoms with E-state index in [1.165, 1.54) is 12.7 Å². The van der Waals surface area contributed by atoms with Crippen molar-refractivity contribution in [1.82, 2.24) is 0 Å². The molecule has 0 aliphatic carbocycles. The van der Waals surface area contributed by atoms with Gasteiger partial charge in [-0.25, -0.2) is 4.79 Å². The highest BCUT2D eigenvalue weighted by Crippen LogP contribution is 2.17. The van der Waals surface area contributed by atoms with E-state index >= 15 is 0 Å². The third-order valence-electron chi connectivity index (χ3n) is 3.99. The van der Waals surface area contributed by atoms with Gasteiger partial charge in [-0.2, -0.15) is 0 Å². The average Bonchev–Trinajstić information content (AvgIpc) is 2.67. The predicted molar refractivity (Wildman–Crippen MR) is 102 cm³/mol. The van der Waals surface area contributed by atoms with Crippen LogP contribution in [0.25, 0.3) is 0 Å². The van der Waals surface area contributed by atoms with Crippen molar-refractivity contribution in [1.29, 1.82) is 0 Å². The van der Waals surface area contributed by atoms with Crippen molar-refractivity contribution in [2.45, 2.75) is 39.2 Å². The number of aryl methyl sites for hydroxylation is 1. The normalized spacial score (nSPS) is 11.5. The summed E-state index contributed by atoms with van der Waals surface area (Å²) < 4.78 is 10.1. The van der Waals surface area contributed by atoms with Crippen molar-refractivity contribution in [3.8, 4) is 5.75 Å². The first-order valence-corrected chi connectivity index (χ1v) is 8.78. The van der Waals surface area contributed by atoms with Crippen LogP contribution in [-0.2, 0) is 16.0 Å². The number of rotatable bonds is 8. The van der Waals surface area contributed by atoms with Gasteiger partial charge in [-0.15, -0.1) is 0 Å². The molecule has 0 radical (unpaired) electrons. The van der Waals surface area contributed by atoms with Crippen LogP contribution in [0, 0.1) is 0 Å². The number of ether oxygens (including phenoxy) is 2. The van der Waals surface area contributed by atoms with Crippen molar-refractivity contribution < 1.29 is 19.1 Å². The molecular weight excluding hydrogens is 330 g/mol. The highest BCUT2D eigenvalue weighted by atomic mass is 16.6. The second-order valence-corrected chi connectivity index (χ2v) is 6.06. The van der Waals surface area contributed by atoms with Gasteiger partial charge in [-0.3, -0.25) is 4.79 Å². The molecule has 1 amide bonds. The van der Waals surface area contributed by atoms with E-state index in [2.05, 4.69) is 17.0 Å². The number of carbonyl (C=O) groups is 2. The van der Waals surface area contributed by atoms with E-state index in [4.69, 9.17) is 4.74 Å². The van der Waals surface area contributed by atoms with E-state index in [-0.39, 0.29) is 5.91 Å². The Morgan fingerprint density at radius 1 is 1.04 bits per heavy atom. The van der Waals surface area contributed by atoms with Crippen LogP contribution in [0.5, 0.6) is 5.75 Å². The Morgan fingerprint density at radius 3 is 2.27 bits per heavy atom. The number of hydrogen-bond acceptors (Lipinski definition) is 4. The van der Waals surface area contributed by atoms with Crippen LogP contribution in [0.4, 0.5) is 5.69 Å². The topological polar surface area (TPSA) is 64.6 Å². The molecule has 2 rings (SSSR count). The summed E-state index contributed by atoms with van der Waals surface area (Å²) in [6.45, 7) is 3.78. The highest BCUT2D eigenvalue weighted by molar-refractivity contribution is 6.04. The van der Waals surface area contributed by atoms with Crippen molar-refractivity contribution in [2.24, 2.45) is 0 Å². The maximum Gasteiger partial charge on any atom is 0.346 e. The third-order valence-corrected chi connectivity index (χ3v) is 3.99. The molecule has 0 fully saturated rings. The van der Waals surface area contributed by atoms with Gasteiger partial charge in [0.15, 0.2) is 6.10 Å². The van der Waals surface area contributed by atoms with Crippen LogP contribution < -0.4 is 10.1 Å². The fourth-order valence-corrected chi connectivity index (χ4v) is 2.44. The summed E-state index contributed by atoms with van der Waals surface area (Å²) in [4.78, 5) is 23.7. The summed E-state index contributed by atoms with van der Waals surface area (Å²) in [5.41, 5.74) is 2.54. The number of nitrogens with one attached hydrogen (secondary N) is 1. The number of methoxy groups -OCH3 is 1. The molecule has 1 N–H and O–H groups in total. The Hall–Kier alpha value is -2.82. The second-order valence-electron chi connectivity index (χ2n) is 6.06. The van der Waals surface area contributed by atoms with E-state index in [1.807, 2.05) is 24.3 Å². The second kappa shape index (κ2) is 9.61. The lowest BCUT2D eigenvalue weighted by atomic mass is 10.1. The zero-order valence-electron chi connectivity index (χ0n) is 15.5. The Bertz CT molecular complexity index is 723. The molecule has 26 heavy (non-hydrogen) atoms. The summed E-state index contributed by atoms with van der Waals surface area (Å²) in [6.07, 6.45) is 2.67. The lowest BCUT2D eigenvalue weighted by Gasteiger charge is -2.12. The largest absolute Gasteiger partial charge is 0.479 e. The summed E-state index contributed by atoms with van der Waals surface area (Å²) in [7, 11) is 1.31. The number of amides is 1. The molecule has 0 aliphatic heterocycles. The van der Waals surface area contributed by atoms with Crippen LogP contribution in [0.15, 0.2) is 48.5 Å². The van der Waals surface area contributed by atoms with E-state index in [9.17, 15) is 9.59 Å². The smallest absolute Gasteiger partial charge is 0.346 e. The molecule has 0 unspecified atom stereocenters. The molecule has 0 aliphatic rings. The quantitative estimate of drug-likeness (QED) is 0.720. The Morgan fingerprint density at radius 2 is 1.69 bits per heavy atom. The standard InChI is InChI=1S/C21H25NO4/c1-4-5-6-16-7-11-18(12-8-16)22-20(23)17-9-13-19(14-10-17)26-15(2)21(24)25-3/h7-15H,4-6H2,1-3H3,(H,22,23)/t15-/m1/s1. The van der Waals surface area contributed by atoms with Crippen molar-refractivity contribution >= 4 is 17.6 Å². The SMILES string of the molecule is CCCCc1ccc(NC(=O)c2ccc(O[C@H](C)C(=O)OC)cc2)cc1. The predicted octanol–water partition coefficient (Wildman–Crippen LogP) is 4.22. The number of unbranched alkanes of at least 4 members (excludes halogenated alkanes) is 1. The maximum absolute atomic E-state index is 12.3. The molecule has 0 saturated heterocycles. The molecule has 5 heteroatoms. The molecular formula is C21H25NO4. The minimum atomic E-state index is -0.703. The van der Waals surface area contributed by atoms with Gasteiger partial charge < -0.3 is 14.8 Å². The lowest BCUT2D eigenvalue weighted by molar-refractivity contribution is -0.147. The summed E-state index contributed by atoms with van der Waals surface area (Å²) in [5, 5.41) is 2.88. The summed E-state index contributed by atoms with van der Waals surface area (Å²) in [5.74, 6) is -0.146. The monoisotopic (exact) mass is 355 g/mol. The Kier molecular flexibility index (Phi) is 7.21. The molecule has 2 aromatic carbocycles. The van der Waals surface area contributed by atoms with Gasteiger partial charge in [0.05, 0.1) is 7.11 Å². The van der Waals surface area contributed by atoms with E-state index in [0.717, 1.165) is 24.9 Å². The number of carbonyl (C=O) groups excluding carboxylic acids is 2. The van der Waals surface area contributed by atoms with E-state index in [1.54, 1.807) is 31.2 Å². The molecule has 0 aromatic heterocycles. The first kappa shape index (κ1) is 19.5. The van der Waals surface area contributed by atoms with Gasteiger partial charge >= 0.3 is 5.97 Å². The van der Waals surface area contributed by atoms with Gasteiger partial charge in [0.2, 0.25) is 0 Å². The average molecular weight is 355 g/mol. The van der Waals surface area contributed by atoms with Crippen LogP contribution in [0.2, 0.25) is 0 Å². The lowest BCUT2D eigenvalue weighted by Crippen LogP contribution is -2.24. The van der Waals surface area contributed by atoms with Crippen LogP contribution in [0.3, 0.4) is 0 Å². The highest BCUT2D eigenvalue weighted by Gasteiger charge is 2.15. The molecule has 0 saturated carbocycles. The molecule has 0 spiro atoms. The van der Waals surface area contributed by atoms with Gasteiger partial charge in [-0.05, 0) is 61.7 Å².